The third-order valence-corrected chi connectivity index (χ3v) is 2.76. The number of aromatic nitrogens is 1. The van der Waals surface area contributed by atoms with Gasteiger partial charge in [0.1, 0.15) is 5.82 Å². The molecule has 0 saturated heterocycles. The lowest BCUT2D eigenvalue weighted by Crippen LogP contribution is -2.23. The first kappa shape index (κ1) is 15.0. The van der Waals surface area contributed by atoms with Crippen molar-refractivity contribution in [2.75, 3.05) is 33.9 Å². The molecule has 0 fully saturated rings. The molecule has 1 heterocycles. The van der Waals surface area contributed by atoms with E-state index >= 15 is 0 Å². The number of hydrogen-bond acceptors (Lipinski definition) is 4. The molecule has 0 aromatic carbocycles. The SMILES string of the molecule is COCCCN(C)CCC(O)c1ccc(F)cn1. The second-order valence-electron chi connectivity index (χ2n) is 4.36. The van der Waals surface area contributed by atoms with Crippen LogP contribution in [0, 0.1) is 5.82 Å². The van der Waals surface area contributed by atoms with Crippen LogP contribution in [0.5, 0.6) is 0 Å². The molecule has 0 saturated carbocycles. The van der Waals surface area contributed by atoms with Gasteiger partial charge in [0, 0.05) is 26.8 Å². The predicted octanol–water partition coefficient (Wildman–Crippen LogP) is 1.61. The lowest BCUT2D eigenvalue weighted by atomic mass is 10.1. The van der Waals surface area contributed by atoms with Crippen LogP contribution in [0.3, 0.4) is 0 Å². The third kappa shape index (κ3) is 5.53. The number of aliphatic hydroxyl groups is 1. The Bertz CT molecular complexity index is 332. The number of methoxy groups -OCH3 is 1. The lowest BCUT2D eigenvalue weighted by Gasteiger charge is -2.18. The molecular formula is C13H21FN2O2. The van der Waals surface area contributed by atoms with Gasteiger partial charge in [-0.15, -0.1) is 0 Å². The fourth-order valence-corrected chi connectivity index (χ4v) is 1.67. The van der Waals surface area contributed by atoms with Crippen LogP contribution in [0.2, 0.25) is 0 Å². The summed E-state index contributed by atoms with van der Waals surface area (Å²) in [6.07, 6.45) is 2.04. The molecule has 0 aliphatic rings. The first-order valence-electron chi connectivity index (χ1n) is 6.10. The van der Waals surface area contributed by atoms with E-state index in [2.05, 4.69) is 9.88 Å². The number of hydrogen-bond donors (Lipinski definition) is 1. The average molecular weight is 256 g/mol. The lowest BCUT2D eigenvalue weighted by molar-refractivity contribution is 0.138. The highest BCUT2D eigenvalue weighted by Gasteiger charge is 2.10. The Morgan fingerprint density at radius 2 is 2.22 bits per heavy atom. The molecule has 5 heteroatoms. The van der Waals surface area contributed by atoms with Crippen LogP contribution >= 0.6 is 0 Å². The van der Waals surface area contributed by atoms with Gasteiger partial charge in [-0.05, 0) is 32.0 Å². The highest BCUT2D eigenvalue weighted by molar-refractivity contribution is 5.07. The monoisotopic (exact) mass is 256 g/mol. The molecule has 0 spiro atoms. The molecule has 4 nitrogen and oxygen atoms in total. The van der Waals surface area contributed by atoms with Crippen LogP contribution in [0.1, 0.15) is 24.6 Å². The van der Waals surface area contributed by atoms with Gasteiger partial charge in [0.25, 0.3) is 0 Å². The number of nitrogens with zero attached hydrogens (tertiary/aromatic N) is 2. The van der Waals surface area contributed by atoms with Crippen LogP contribution in [0.15, 0.2) is 18.3 Å². The molecule has 18 heavy (non-hydrogen) atoms. The molecular weight excluding hydrogens is 235 g/mol. The molecule has 0 radical (unpaired) electrons. The summed E-state index contributed by atoms with van der Waals surface area (Å²) in [6, 6.07) is 2.83. The summed E-state index contributed by atoms with van der Waals surface area (Å²) in [7, 11) is 3.68. The van der Waals surface area contributed by atoms with Crippen molar-refractivity contribution in [3.05, 3.63) is 29.8 Å². The largest absolute Gasteiger partial charge is 0.387 e. The Morgan fingerprint density at radius 3 is 2.83 bits per heavy atom. The minimum absolute atomic E-state index is 0.386. The minimum Gasteiger partial charge on any atom is -0.387 e. The number of halogens is 1. The molecule has 1 rings (SSSR count). The molecule has 1 unspecified atom stereocenters. The van der Waals surface area contributed by atoms with E-state index in [-0.39, 0.29) is 5.82 Å². The number of ether oxygens (including phenoxy) is 1. The molecule has 0 bridgehead atoms. The van der Waals surface area contributed by atoms with E-state index in [1.165, 1.54) is 12.1 Å². The summed E-state index contributed by atoms with van der Waals surface area (Å²) in [5.41, 5.74) is 0.515. The van der Waals surface area contributed by atoms with Gasteiger partial charge in [-0.1, -0.05) is 0 Å². The van der Waals surface area contributed by atoms with Crippen LogP contribution < -0.4 is 0 Å². The molecule has 102 valence electrons. The van der Waals surface area contributed by atoms with E-state index < -0.39 is 6.10 Å². The normalized spacial score (nSPS) is 12.9. The van der Waals surface area contributed by atoms with Crippen LogP contribution in [0.25, 0.3) is 0 Å². The van der Waals surface area contributed by atoms with Gasteiger partial charge in [-0.3, -0.25) is 4.98 Å². The Kier molecular flexibility index (Phi) is 6.78. The van der Waals surface area contributed by atoms with Gasteiger partial charge in [-0.25, -0.2) is 4.39 Å². The summed E-state index contributed by atoms with van der Waals surface area (Å²) in [5.74, 6) is -0.386. The standard InChI is InChI=1S/C13H21FN2O2/c1-16(7-3-9-18-2)8-6-13(17)12-5-4-11(14)10-15-12/h4-5,10,13,17H,3,6-9H2,1-2H3. The summed E-state index contributed by atoms with van der Waals surface area (Å²) >= 11 is 0. The predicted molar refractivity (Wildman–Crippen MR) is 67.8 cm³/mol. The zero-order valence-corrected chi connectivity index (χ0v) is 11.0. The van der Waals surface area contributed by atoms with E-state index in [4.69, 9.17) is 4.74 Å². The van der Waals surface area contributed by atoms with E-state index in [1.54, 1.807) is 7.11 Å². The van der Waals surface area contributed by atoms with E-state index in [9.17, 15) is 9.50 Å². The smallest absolute Gasteiger partial charge is 0.141 e. The first-order chi connectivity index (χ1) is 8.63. The molecule has 1 aromatic rings. The molecule has 0 amide bonds. The molecule has 1 N–H and O–H groups in total. The topological polar surface area (TPSA) is 45.6 Å². The van der Waals surface area contributed by atoms with Gasteiger partial charge in [-0.2, -0.15) is 0 Å². The van der Waals surface area contributed by atoms with E-state index in [0.717, 1.165) is 32.3 Å². The summed E-state index contributed by atoms with van der Waals surface area (Å²) < 4.78 is 17.6. The quantitative estimate of drug-likeness (QED) is 0.718. The maximum atomic E-state index is 12.7. The van der Waals surface area contributed by atoms with Crippen molar-refractivity contribution in [3.63, 3.8) is 0 Å². The molecule has 1 atom stereocenters. The fraction of sp³-hybridized carbons (Fsp3) is 0.615. The van der Waals surface area contributed by atoms with Gasteiger partial charge >= 0.3 is 0 Å². The molecule has 0 aliphatic heterocycles. The van der Waals surface area contributed by atoms with Crippen molar-refractivity contribution < 1.29 is 14.2 Å². The number of aliphatic hydroxyl groups excluding tert-OH is 1. The molecule has 1 aromatic heterocycles. The first-order valence-corrected chi connectivity index (χ1v) is 6.10. The van der Waals surface area contributed by atoms with Crippen molar-refractivity contribution in [2.45, 2.75) is 18.9 Å². The van der Waals surface area contributed by atoms with Crippen LogP contribution in [-0.4, -0.2) is 48.8 Å². The van der Waals surface area contributed by atoms with Gasteiger partial charge in [0.15, 0.2) is 0 Å². The van der Waals surface area contributed by atoms with Gasteiger partial charge in [0.05, 0.1) is 18.0 Å². The van der Waals surface area contributed by atoms with Crippen molar-refractivity contribution >= 4 is 0 Å². The van der Waals surface area contributed by atoms with E-state index in [1.807, 2.05) is 7.05 Å². The molecule has 0 aliphatic carbocycles. The van der Waals surface area contributed by atoms with Crippen LogP contribution in [0.4, 0.5) is 4.39 Å². The average Bonchev–Trinajstić information content (AvgIpc) is 2.37. The summed E-state index contributed by atoms with van der Waals surface area (Å²) in [5, 5.41) is 9.90. The highest BCUT2D eigenvalue weighted by Crippen LogP contribution is 2.14. The maximum Gasteiger partial charge on any atom is 0.141 e. The van der Waals surface area contributed by atoms with Gasteiger partial charge in [0.2, 0.25) is 0 Å². The Labute approximate surface area is 107 Å². The third-order valence-electron chi connectivity index (χ3n) is 2.76. The zero-order valence-electron chi connectivity index (χ0n) is 11.0. The summed E-state index contributed by atoms with van der Waals surface area (Å²) in [4.78, 5) is 6.00. The second-order valence-corrected chi connectivity index (χ2v) is 4.36. The van der Waals surface area contributed by atoms with Crippen molar-refractivity contribution in [3.8, 4) is 0 Å². The Balaban J connectivity index is 2.27. The Hall–Kier alpha value is -1.04. The van der Waals surface area contributed by atoms with Crippen molar-refractivity contribution in [2.24, 2.45) is 0 Å². The van der Waals surface area contributed by atoms with E-state index in [0.29, 0.717) is 12.1 Å². The summed E-state index contributed by atoms with van der Waals surface area (Å²) in [6.45, 7) is 2.44. The maximum absolute atomic E-state index is 12.7. The number of rotatable bonds is 8. The Morgan fingerprint density at radius 1 is 1.44 bits per heavy atom. The zero-order chi connectivity index (χ0) is 13.4. The minimum atomic E-state index is -0.643. The number of pyridine rings is 1. The fourth-order valence-electron chi connectivity index (χ4n) is 1.67. The van der Waals surface area contributed by atoms with Gasteiger partial charge < -0.3 is 14.7 Å². The van der Waals surface area contributed by atoms with Crippen molar-refractivity contribution in [1.29, 1.82) is 0 Å². The van der Waals surface area contributed by atoms with Crippen LogP contribution in [-0.2, 0) is 4.74 Å². The van der Waals surface area contributed by atoms with Crippen molar-refractivity contribution in [1.82, 2.24) is 9.88 Å². The second kappa shape index (κ2) is 8.13. The highest BCUT2D eigenvalue weighted by atomic mass is 19.1.